The second-order valence-corrected chi connectivity index (χ2v) is 5.93. The molecule has 0 aliphatic carbocycles. The smallest absolute Gasteiger partial charge is 0.349 e. The van der Waals surface area contributed by atoms with Crippen molar-refractivity contribution >= 4 is 23.6 Å². The van der Waals surface area contributed by atoms with Crippen molar-refractivity contribution in [1.82, 2.24) is 0 Å². The summed E-state index contributed by atoms with van der Waals surface area (Å²) in [5, 5.41) is 12.0. The lowest BCUT2D eigenvalue weighted by Gasteiger charge is -2.08. The van der Waals surface area contributed by atoms with E-state index in [9.17, 15) is 14.9 Å². The lowest BCUT2D eigenvalue weighted by Crippen LogP contribution is -2.13. The van der Waals surface area contributed by atoms with E-state index in [4.69, 9.17) is 9.47 Å². The number of benzene rings is 2. The molecule has 0 unspecified atom stereocenters. The van der Waals surface area contributed by atoms with Crippen molar-refractivity contribution < 1.29 is 19.1 Å². The van der Waals surface area contributed by atoms with Gasteiger partial charge in [0.05, 0.1) is 13.2 Å². The molecule has 1 N–H and O–H groups in total. The van der Waals surface area contributed by atoms with Crippen molar-refractivity contribution in [2.45, 2.75) is 20.0 Å². The molecule has 6 heteroatoms. The van der Waals surface area contributed by atoms with E-state index >= 15 is 0 Å². The summed E-state index contributed by atoms with van der Waals surface area (Å²) in [6.45, 7) is 3.42. The molecule has 2 rings (SSSR count). The Morgan fingerprint density at radius 3 is 2.44 bits per heavy atom. The highest BCUT2D eigenvalue weighted by atomic mass is 16.5. The Labute approximate surface area is 158 Å². The molecule has 0 bridgehead atoms. The highest BCUT2D eigenvalue weighted by Crippen LogP contribution is 2.17. The number of nitriles is 1. The van der Waals surface area contributed by atoms with Gasteiger partial charge in [-0.2, -0.15) is 5.26 Å². The number of hydrogen-bond donors (Lipinski definition) is 1. The molecule has 0 aliphatic rings. The van der Waals surface area contributed by atoms with Crippen LogP contribution in [0.5, 0.6) is 5.75 Å². The van der Waals surface area contributed by atoms with E-state index in [2.05, 4.69) is 5.32 Å². The standard InChI is InChI=1S/C21H20N2O4/c1-14(2)27-21(25)17(13-22)11-15-5-4-6-18(12-15)23-20(24)16-7-9-19(26-3)10-8-16/h4-12,14H,1-3H3,(H,23,24)/b17-11+. The lowest BCUT2D eigenvalue weighted by molar-refractivity contribution is -0.142. The van der Waals surface area contributed by atoms with Gasteiger partial charge in [0.2, 0.25) is 0 Å². The zero-order valence-electron chi connectivity index (χ0n) is 15.4. The first-order valence-corrected chi connectivity index (χ1v) is 8.31. The Bertz CT molecular complexity index is 893. The fourth-order valence-electron chi connectivity index (χ4n) is 2.23. The molecule has 2 aromatic rings. The summed E-state index contributed by atoms with van der Waals surface area (Å²) >= 11 is 0. The Morgan fingerprint density at radius 2 is 1.85 bits per heavy atom. The van der Waals surface area contributed by atoms with Crippen molar-refractivity contribution in [3.8, 4) is 11.8 Å². The predicted molar refractivity (Wildman–Crippen MR) is 102 cm³/mol. The predicted octanol–water partition coefficient (Wildman–Crippen LogP) is 3.81. The number of esters is 1. The van der Waals surface area contributed by atoms with Gasteiger partial charge in [-0.15, -0.1) is 0 Å². The van der Waals surface area contributed by atoms with Gasteiger partial charge in [-0.1, -0.05) is 12.1 Å². The quantitative estimate of drug-likeness (QED) is 0.478. The highest BCUT2D eigenvalue weighted by Gasteiger charge is 2.13. The normalized spacial score (nSPS) is 10.9. The Hall–Kier alpha value is -3.59. The van der Waals surface area contributed by atoms with Crippen molar-refractivity contribution in [2.24, 2.45) is 0 Å². The molecule has 0 atom stereocenters. The summed E-state index contributed by atoms with van der Waals surface area (Å²) in [5.41, 5.74) is 1.51. The van der Waals surface area contributed by atoms with Crippen LogP contribution in [0.25, 0.3) is 6.08 Å². The van der Waals surface area contributed by atoms with Gasteiger partial charge in [0, 0.05) is 11.3 Å². The summed E-state index contributed by atoms with van der Waals surface area (Å²) in [6, 6.07) is 15.4. The molecule has 27 heavy (non-hydrogen) atoms. The van der Waals surface area contributed by atoms with Gasteiger partial charge in [-0.25, -0.2) is 4.79 Å². The average molecular weight is 364 g/mol. The van der Waals surface area contributed by atoms with Crippen molar-refractivity contribution in [3.05, 3.63) is 65.2 Å². The first-order chi connectivity index (χ1) is 12.9. The zero-order chi connectivity index (χ0) is 19.8. The third-order valence-electron chi connectivity index (χ3n) is 3.49. The third kappa shape index (κ3) is 5.72. The molecule has 0 radical (unpaired) electrons. The number of hydrogen-bond acceptors (Lipinski definition) is 5. The molecule has 0 aliphatic heterocycles. The molecule has 0 saturated heterocycles. The van der Waals surface area contributed by atoms with E-state index in [1.165, 1.54) is 6.08 Å². The van der Waals surface area contributed by atoms with Gasteiger partial charge >= 0.3 is 5.97 Å². The summed E-state index contributed by atoms with van der Waals surface area (Å²) in [6.07, 6.45) is 1.11. The minimum absolute atomic E-state index is 0.109. The number of ether oxygens (including phenoxy) is 2. The first-order valence-electron chi connectivity index (χ1n) is 8.31. The van der Waals surface area contributed by atoms with Gasteiger partial charge in [-0.05, 0) is 61.9 Å². The largest absolute Gasteiger partial charge is 0.497 e. The number of nitrogens with one attached hydrogen (secondary N) is 1. The second kappa shape index (κ2) is 9.20. The van der Waals surface area contributed by atoms with Crippen LogP contribution in [0.1, 0.15) is 29.8 Å². The molecular formula is C21H20N2O4. The maximum Gasteiger partial charge on any atom is 0.349 e. The van der Waals surface area contributed by atoms with Gasteiger partial charge in [-0.3, -0.25) is 4.79 Å². The molecular weight excluding hydrogens is 344 g/mol. The van der Waals surface area contributed by atoms with Crippen LogP contribution in [0.4, 0.5) is 5.69 Å². The molecule has 0 fully saturated rings. The minimum atomic E-state index is -0.680. The van der Waals surface area contributed by atoms with Crippen LogP contribution >= 0.6 is 0 Å². The van der Waals surface area contributed by atoms with Crippen molar-refractivity contribution in [2.75, 3.05) is 12.4 Å². The maximum absolute atomic E-state index is 12.3. The monoisotopic (exact) mass is 364 g/mol. The van der Waals surface area contributed by atoms with Crippen LogP contribution < -0.4 is 10.1 Å². The van der Waals surface area contributed by atoms with Crippen LogP contribution in [0, 0.1) is 11.3 Å². The summed E-state index contributed by atoms with van der Waals surface area (Å²) in [5.74, 6) is -0.297. The van der Waals surface area contributed by atoms with Crippen LogP contribution in [-0.4, -0.2) is 25.1 Å². The Balaban J connectivity index is 2.16. The van der Waals surface area contributed by atoms with E-state index in [0.717, 1.165) is 0 Å². The number of carbonyl (C=O) groups is 2. The molecule has 0 heterocycles. The number of carbonyl (C=O) groups excluding carboxylic acids is 2. The van der Waals surface area contributed by atoms with Gasteiger partial charge in [0.25, 0.3) is 5.91 Å². The first kappa shape index (κ1) is 19.7. The number of anilines is 1. The molecule has 6 nitrogen and oxygen atoms in total. The van der Waals surface area contributed by atoms with Gasteiger partial charge < -0.3 is 14.8 Å². The SMILES string of the molecule is COc1ccc(C(=O)Nc2cccc(/C=C(\C#N)C(=O)OC(C)C)c2)cc1. The zero-order valence-corrected chi connectivity index (χ0v) is 15.4. The third-order valence-corrected chi connectivity index (χ3v) is 3.49. The van der Waals surface area contributed by atoms with E-state index in [1.807, 2.05) is 6.07 Å². The molecule has 0 aromatic heterocycles. The van der Waals surface area contributed by atoms with E-state index in [-0.39, 0.29) is 17.6 Å². The number of amides is 1. The average Bonchev–Trinajstić information content (AvgIpc) is 2.65. The van der Waals surface area contributed by atoms with E-state index in [0.29, 0.717) is 22.6 Å². The van der Waals surface area contributed by atoms with Crippen molar-refractivity contribution in [1.29, 1.82) is 5.26 Å². The van der Waals surface area contributed by atoms with Crippen LogP contribution in [-0.2, 0) is 9.53 Å². The molecule has 138 valence electrons. The topological polar surface area (TPSA) is 88.4 Å². The van der Waals surface area contributed by atoms with Crippen LogP contribution in [0.3, 0.4) is 0 Å². The summed E-state index contributed by atoms with van der Waals surface area (Å²) in [4.78, 5) is 24.2. The van der Waals surface area contributed by atoms with Crippen LogP contribution in [0.15, 0.2) is 54.1 Å². The Morgan fingerprint density at radius 1 is 1.15 bits per heavy atom. The summed E-state index contributed by atoms with van der Waals surface area (Å²) in [7, 11) is 1.56. The highest BCUT2D eigenvalue weighted by molar-refractivity contribution is 6.04. The van der Waals surface area contributed by atoms with Crippen molar-refractivity contribution in [3.63, 3.8) is 0 Å². The number of methoxy groups -OCH3 is 1. The minimum Gasteiger partial charge on any atom is -0.497 e. The van der Waals surface area contributed by atoms with Crippen LogP contribution in [0.2, 0.25) is 0 Å². The van der Waals surface area contributed by atoms with Gasteiger partial charge in [0.15, 0.2) is 0 Å². The summed E-state index contributed by atoms with van der Waals surface area (Å²) < 4.78 is 10.1. The fourth-order valence-corrected chi connectivity index (χ4v) is 2.23. The number of nitrogens with zero attached hydrogens (tertiary/aromatic N) is 1. The maximum atomic E-state index is 12.3. The molecule has 2 aromatic carbocycles. The fraction of sp³-hybridized carbons (Fsp3) is 0.190. The van der Waals surface area contributed by atoms with Gasteiger partial charge in [0.1, 0.15) is 17.4 Å². The molecule has 0 saturated carbocycles. The second-order valence-electron chi connectivity index (χ2n) is 5.93. The van der Waals surface area contributed by atoms with E-state index in [1.54, 1.807) is 69.5 Å². The lowest BCUT2D eigenvalue weighted by atomic mass is 10.1. The molecule has 0 spiro atoms. The van der Waals surface area contributed by atoms with E-state index < -0.39 is 5.97 Å². The Kier molecular flexibility index (Phi) is 6.73. The molecule has 1 amide bonds. The number of rotatable bonds is 6.